The molecular weight excluding hydrogens is 324 g/mol. The standard InChI is InChI=1S/C17H24N4O2S/c1-3-19-24(22,23)16-7-8-21(12-16)11-15-10-18-20-17(15)14-6-4-5-13(2)9-14/h4-6,9-10,16,19H,3,7-8,11-12H2,1-2H3,(H,18,20)/t16-/m1/s1. The van der Waals surface area contributed by atoms with Crippen molar-refractivity contribution in [3.63, 3.8) is 0 Å². The number of sulfonamides is 1. The van der Waals surface area contributed by atoms with E-state index in [2.05, 4.69) is 44.9 Å². The molecule has 0 unspecified atom stereocenters. The molecule has 1 saturated heterocycles. The van der Waals surface area contributed by atoms with Crippen LogP contribution in [-0.2, 0) is 16.6 Å². The number of likely N-dealkylation sites (tertiary alicyclic amines) is 1. The average Bonchev–Trinajstić information content (AvgIpc) is 3.17. The number of nitrogens with one attached hydrogen (secondary N) is 2. The number of hydrogen-bond acceptors (Lipinski definition) is 4. The van der Waals surface area contributed by atoms with E-state index in [1.165, 1.54) is 5.56 Å². The Morgan fingerprint density at radius 1 is 1.42 bits per heavy atom. The monoisotopic (exact) mass is 348 g/mol. The van der Waals surface area contributed by atoms with Gasteiger partial charge < -0.3 is 0 Å². The van der Waals surface area contributed by atoms with Crippen molar-refractivity contribution < 1.29 is 8.42 Å². The lowest BCUT2D eigenvalue weighted by Crippen LogP contribution is -2.36. The van der Waals surface area contributed by atoms with Crippen molar-refractivity contribution >= 4 is 10.0 Å². The van der Waals surface area contributed by atoms with Gasteiger partial charge in [-0.05, 0) is 26.0 Å². The molecule has 2 aromatic rings. The van der Waals surface area contributed by atoms with Crippen LogP contribution < -0.4 is 4.72 Å². The summed E-state index contributed by atoms with van der Waals surface area (Å²) < 4.78 is 26.9. The number of aryl methyl sites for hydroxylation is 1. The maximum Gasteiger partial charge on any atom is 0.215 e. The second kappa shape index (κ2) is 7.04. The molecular formula is C17H24N4O2S. The maximum atomic E-state index is 12.2. The van der Waals surface area contributed by atoms with Crippen LogP contribution in [-0.4, -0.2) is 48.4 Å². The van der Waals surface area contributed by atoms with Crippen molar-refractivity contribution in [2.75, 3.05) is 19.6 Å². The molecule has 0 radical (unpaired) electrons. The zero-order valence-electron chi connectivity index (χ0n) is 14.1. The Morgan fingerprint density at radius 3 is 3.00 bits per heavy atom. The predicted octanol–water partition coefficient (Wildman–Crippen LogP) is 1.90. The SMILES string of the molecule is CCNS(=O)(=O)[C@@H]1CCN(Cc2cn[nH]c2-c2cccc(C)c2)C1. The molecule has 1 aromatic carbocycles. The molecule has 1 aromatic heterocycles. The summed E-state index contributed by atoms with van der Waals surface area (Å²) in [6, 6.07) is 8.28. The molecule has 6 nitrogen and oxygen atoms in total. The predicted molar refractivity (Wildman–Crippen MR) is 95.0 cm³/mol. The summed E-state index contributed by atoms with van der Waals surface area (Å²) in [6.45, 7) is 6.37. The van der Waals surface area contributed by atoms with Crippen LogP contribution in [0, 0.1) is 6.92 Å². The Morgan fingerprint density at radius 2 is 2.25 bits per heavy atom. The van der Waals surface area contributed by atoms with Gasteiger partial charge in [0.1, 0.15) is 0 Å². The van der Waals surface area contributed by atoms with E-state index >= 15 is 0 Å². The molecule has 0 spiro atoms. The van der Waals surface area contributed by atoms with Crippen LogP contribution in [0.2, 0.25) is 0 Å². The van der Waals surface area contributed by atoms with Crippen molar-refractivity contribution in [3.05, 3.63) is 41.6 Å². The van der Waals surface area contributed by atoms with Gasteiger partial charge in [0.25, 0.3) is 0 Å². The molecule has 1 atom stereocenters. The van der Waals surface area contributed by atoms with Gasteiger partial charge in [-0.15, -0.1) is 0 Å². The lowest BCUT2D eigenvalue weighted by atomic mass is 10.1. The molecule has 0 aliphatic carbocycles. The average molecular weight is 348 g/mol. The van der Waals surface area contributed by atoms with E-state index in [9.17, 15) is 8.42 Å². The fraction of sp³-hybridized carbons (Fsp3) is 0.471. The second-order valence-electron chi connectivity index (χ2n) is 6.33. The van der Waals surface area contributed by atoms with Gasteiger partial charge in [0.2, 0.25) is 10.0 Å². The van der Waals surface area contributed by atoms with Crippen LogP contribution in [0.15, 0.2) is 30.5 Å². The third-order valence-corrected chi connectivity index (χ3v) is 6.39. The molecule has 7 heteroatoms. The van der Waals surface area contributed by atoms with E-state index in [4.69, 9.17) is 0 Å². The normalized spacial score (nSPS) is 19.0. The van der Waals surface area contributed by atoms with Crippen molar-refractivity contribution in [2.45, 2.75) is 32.1 Å². The summed E-state index contributed by atoms with van der Waals surface area (Å²) in [4.78, 5) is 2.18. The van der Waals surface area contributed by atoms with Gasteiger partial charge >= 0.3 is 0 Å². The third kappa shape index (κ3) is 3.68. The first kappa shape index (κ1) is 17.1. The van der Waals surface area contributed by atoms with Gasteiger partial charge in [0.05, 0.1) is 17.1 Å². The molecule has 0 saturated carbocycles. The highest BCUT2D eigenvalue weighted by atomic mass is 32.2. The zero-order valence-corrected chi connectivity index (χ0v) is 14.9. The van der Waals surface area contributed by atoms with Gasteiger partial charge in [-0.2, -0.15) is 5.10 Å². The van der Waals surface area contributed by atoms with Crippen LogP contribution in [0.1, 0.15) is 24.5 Å². The molecule has 130 valence electrons. The van der Waals surface area contributed by atoms with Gasteiger partial charge in [-0.1, -0.05) is 30.7 Å². The van der Waals surface area contributed by atoms with E-state index in [0.29, 0.717) is 26.1 Å². The minimum absolute atomic E-state index is 0.327. The minimum Gasteiger partial charge on any atom is -0.298 e. The second-order valence-corrected chi connectivity index (χ2v) is 8.37. The van der Waals surface area contributed by atoms with Crippen LogP contribution in [0.5, 0.6) is 0 Å². The minimum atomic E-state index is -3.20. The number of rotatable bonds is 6. The molecule has 2 heterocycles. The topological polar surface area (TPSA) is 78.1 Å². The molecule has 2 N–H and O–H groups in total. The highest BCUT2D eigenvalue weighted by molar-refractivity contribution is 7.90. The Kier molecular flexibility index (Phi) is 5.03. The van der Waals surface area contributed by atoms with E-state index < -0.39 is 10.0 Å². The zero-order chi connectivity index (χ0) is 17.2. The maximum absolute atomic E-state index is 12.2. The third-order valence-electron chi connectivity index (χ3n) is 4.43. The Labute approximate surface area is 143 Å². The Balaban J connectivity index is 1.72. The van der Waals surface area contributed by atoms with E-state index in [1.807, 2.05) is 19.2 Å². The van der Waals surface area contributed by atoms with Crippen LogP contribution >= 0.6 is 0 Å². The molecule has 1 aliphatic rings. The Bertz CT molecular complexity index is 800. The van der Waals surface area contributed by atoms with Crippen LogP contribution in [0.25, 0.3) is 11.3 Å². The first-order chi connectivity index (χ1) is 11.5. The van der Waals surface area contributed by atoms with Crippen LogP contribution in [0.4, 0.5) is 0 Å². The molecule has 0 amide bonds. The summed E-state index contributed by atoms with van der Waals surface area (Å²) in [5.74, 6) is 0. The van der Waals surface area contributed by atoms with Gasteiger partial charge in [-0.3, -0.25) is 10.00 Å². The number of aromatic amines is 1. The van der Waals surface area contributed by atoms with E-state index in [-0.39, 0.29) is 5.25 Å². The number of hydrogen-bond donors (Lipinski definition) is 2. The number of H-pyrrole nitrogens is 1. The summed E-state index contributed by atoms with van der Waals surface area (Å²) in [5, 5.41) is 6.94. The fourth-order valence-electron chi connectivity index (χ4n) is 3.24. The van der Waals surface area contributed by atoms with Crippen molar-refractivity contribution in [1.29, 1.82) is 0 Å². The van der Waals surface area contributed by atoms with E-state index in [1.54, 1.807) is 0 Å². The lowest BCUT2D eigenvalue weighted by Gasteiger charge is -2.16. The Hall–Kier alpha value is -1.70. The smallest absolute Gasteiger partial charge is 0.215 e. The van der Waals surface area contributed by atoms with Crippen molar-refractivity contribution in [2.24, 2.45) is 0 Å². The highest BCUT2D eigenvalue weighted by Crippen LogP contribution is 2.25. The molecule has 1 fully saturated rings. The lowest BCUT2D eigenvalue weighted by molar-refractivity contribution is 0.331. The van der Waals surface area contributed by atoms with E-state index in [0.717, 1.165) is 23.4 Å². The first-order valence-corrected chi connectivity index (χ1v) is 9.84. The number of benzene rings is 1. The highest BCUT2D eigenvalue weighted by Gasteiger charge is 2.32. The summed E-state index contributed by atoms with van der Waals surface area (Å²) in [7, 11) is -3.20. The molecule has 3 rings (SSSR count). The number of aromatic nitrogens is 2. The summed E-state index contributed by atoms with van der Waals surface area (Å²) >= 11 is 0. The van der Waals surface area contributed by atoms with Crippen molar-refractivity contribution in [3.8, 4) is 11.3 Å². The summed E-state index contributed by atoms with van der Waals surface area (Å²) in [5.41, 5.74) is 4.42. The van der Waals surface area contributed by atoms with Gasteiger partial charge in [0.15, 0.2) is 0 Å². The quantitative estimate of drug-likeness (QED) is 0.836. The fourth-order valence-corrected chi connectivity index (χ4v) is 4.70. The first-order valence-electron chi connectivity index (χ1n) is 8.29. The molecule has 24 heavy (non-hydrogen) atoms. The number of nitrogens with zero attached hydrogens (tertiary/aromatic N) is 2. The molecule has 0 bridgehead atoms. The van der Waals surface area contributed by atoms with Gasteiger partial charge in [-0.25, -0.2) is 13.1 Å². The summed E-state index contributed by atoms with van der Waals surface area (Å²) in [6.07, 6.45) is 2.51. The van der Waals surface area contributed by atoms with Crippen molar-refractivity contribution in [1.82, 2.24) is 19.8 Å². The molecule has 1 aliphatic heterocycles. The van der Waals surface area contributed by atoms with Crippen LogP contribution in [0.3, 0.4) is 0 Å². The van der Waals surface area contributed by atoms with Gasteiger partial charge in [0, 0.05) is 30.8 Å². The largest absolute Gasteiger partial charge is 0.298 e.